The smallest absolute Gasteiger partial charge is 0.151 e. The third-order valence-corrected chi connectivity index (χ3v) is 4.66. The predicted octanol–water partition coefficient (Wildman–Crippen LogP) is 1.59. The van der Waals surface area contributed by atoms with E-state index in [0.717, 1.165) is 12.3 Å². The molecular formula is C11H23NO2S. The van der Waals surface area contributed by atoms with Gasteiger partial charge in [-0.1, -0.05) is 19.8 Å². The molecule has 0 aromatic rings. The van der Waals surface area contributed by atoms with Crippen LogP contribution in [-0.2, 0) is 9.84 Å². The first-order valence-corrected chi connectivity index (χ1v) is 7.79. The first-order valence-electron chi connectivity index (χ1n) is 5.97. The Morgan fingerprint density at radius 1 is 1.33 bits per heavy atom. The molecular weight excluding hydrogens is 210 g/mol. The number of sulfone groups is 1. The van der Waals surface area contributed by atoms with Crippen LogP contribution in [0, 0.1) is 5.92 Å². The Hall–Kier alpha value is -0.0900. The van der Waals surface area contributed by atoms with Crippen molar-refractivity contribution >= 4 is 9.84 Å². The van der Waals surface area contributed by atoms with Crippen LogP contribution in [0.1, 0.15) is 39.5 Å². The molecule has 1 unspecified atom stereocenters. The predicted molar refractivity (Wildman–Crippen MR) is 63.8 cm³/mol. The monoisotopic (exact) mass is 233 g/mol. The quantitative estimate of drug-likeness (QED) is 0.692. The van der Waals surface area contributed by atoms with E-state index in [1.165, 1.54) is 19.3 Å². The molecule has 3 nitrogen and oxygen atoms in total. The van der Waals surface area contributed by atoms with E-state index in [9.17, 15) is 8.42 Å². The molecule has 90 valence electrons. The molecule has 0 bridgehead atoms. The van der Waals surface area contributed by atoms with Gasteiger partial charge in [0.1, 0.15) is 0 Å². The van der Waals surface area contributed by atoms with Gasteiger partial charge in [-0.15, -0.1) is 0 Å². The number of nitrogens with one attached hydrogen (secondary N) is 1. The maximum atomic E-state index is 11.4. The van der Waals surface area contributed by atoms with Crippen molar-refractivity contribution in [2.45, 2.75) is 45.6 Å². The molecule has 0 saturated heterocycles. The summed E-state index contributed by atoms with van der Waals surface area (Å²) in [7, 11) is -2.80. The second-order valence-corrected chi connectivity index (χ2v) is 6.99. The molecule has 15 heavy (non-hydrogen) atoms. The first-order chi connectivity index (χ1) is 7.03. The highest BCUT2D eigenvalue weighted by Gasteiger charge is 2.23. The molecule has 0 spiro atoms. The van der Waals surface area contributed by atoms with Crippen molar-refractivity contribution < 1.29 is 8.42 Å². The summed E-state index contributed by atoms with van der Waals surface area (Å²) in [5.74, 6) is 1.52. The molecule has 1 saturated carbocycles. The molecule has 0 aliphatic heterocycles. The van der Waals surface area contributed by atoms with Gasteiger partial charge >= 0.3 is 0 Å². The number of hydrogen-bond acceptors (Lipinski definition) is 3. The van der Waals surface area contributed by atoms with Crippen molar-refractivity contribution in [2.75, 3.05) is 18.1 Å². The van der Waals surface area contributed by atoms with Crippen molar-refractivity contribution in [2.24, 2.45) is 5.92 Å². The molecule has 1 aliphatic rings. The van der Waals surface area contributed by atoms with Crippen molar-refractivity contribution in [3.05, 3.63) is 0 Å². The van der Waals surface area contributed by atoms with Gasteiger partial charge in [0.15, 0.2) is 9.84 Å². The standard InChI is InChI=1S/C11H23NO2S/c1-3-7-15(13,14)8-6-12-10(2)9-11-4-5-11/h10-12H,3-9H2,1-2H3. The first kappa shape index (κ1) is 13.0. The lowest BCUT2D eigenvalue weighted by atomic mass is 10.2. The second-order valence-electron chi connectivity index (χ2n) is 4.69. The minimum atomic E-state index is -2.80. The Labute approximate surface area is 93.6 Å². The van der Waals surface area contributed by atoms with Crippen LogP contribution in [0.15, 0.2) is 0 Å². The molecule has 0 aromatic carbocycles. The lowest BCUT2D eigenvalue weighted by molar-refractivity contribution is 0.499. The van der Waals surface area contributed by atoms with Crippen molar-refractivity contribution in [1.82, 2.24) is 5.32 Å². The van der Waals surface area contributed by atoms with Gasteiger partial charge in [0.2, 0.25) is 0 Å². The molecule has 4 heteroatoms. The van der Waals surface area contributed by atoms with Crippen LogP contribution in [0.4, 0.5) is 0 Å². The van der Waals surface area contributed by atoms with E-state index in [4.69, 9.17) is 0 Å². The molecule has 0 amide bonds. The van der Waals surface area contributed by atoms with E-state index in [1.807, 2.05) is 6.92 Å². The minimum Gasteiger partial charge on any atom is -0.313 e. The van der Waals surface area contributed by atoms with Crippen LogP contribution in [0.3, 0.4) is 0 Å². The number of hydrogen-bond donors (Lipinski definition) is 1. The van der Waals surface area contributed by atoms with E-state index in [0.29, 0.717) is 18.3 Å². The Balaban J connectivity index is 2.08. The van der Waals surface area contributed by atoms with Crippen molar-refractivity contribution in [1.29, 1.82) is 0 Å². The Morgan fingerprint density at radius 3 is 2.53 bits per heavy atom. The van der Waals surface area contributed by atoms with Gasteiger partial charge in [-0.05, 0) is 25.7 Å². The van der Waals surface area contributed by atoms with Gasteiger partial charge in [-0.3, -0.25) is 0 Å². The Morgan fingerprint density at radius 2 is 2.00 bits per heavy atom. The zero-order chi connectivity index (χ0) is 11.3. The topological polar surface area (TPSA) is 46.2 Å². The van der Waals surface area contributed by atoms with E-state index in [1.54, 1.807) is 0 Å². The van der Waals surface area contributed by atoms with Gasteiger partial charge in [0.25, 0.3) is 0 Å². The Kier molecular flexibility index (Phi) is 5.06. The number of rotatable bonds is 8. The van der Waals surface area contributed by atoms with Gasteiger partial charge in [0, 0.05) is 18.3 Å². The van der Waals surface area contributed by atoms with Gasteiger partial charge < -0.3 is 5.32 Å². The summed E-state index contributed by atoms with van der Waals surface area (Å²) in [4.78, 5) is 0. The van der Waals surface area contributed by atoms with Crippen molar-refractivity contribution in [3.63, 3.8) is 0 Å². The highest BCUT2D eigenvalue weighted by atomic mass is 32.2. The van der Waals surface area contributed by atoms with Gasteiger partial charge in [-0.25, -0.2) is 8.42 Å². The van der Waals surface area contributed by atoms with Gasteiger partial charge in [0.05, 0.1) is 5.75 Å². The highest BCUT2D eigenvalue weighted by Crippen LogP contribution is 2.33. The fourth-order valence-corrected chi connectivity index (χ4v) is 3.07. The van der Waals surface area contributed by atoms with Crippen LogP contribution in [-0.4, -0.2) is 32.5 Å². The van der Waals surface area contributed by atoms with Crippen LogP contribution < -0.4 is 5.32 Å². The maximum Gasteiger partial charge on any atom is 0.151 e. The van der Waals surface area contributed by atoms with E-state index in [-0.39, 0.29) is 5.75 Å². The van der Waals surface area contributed by atoms with E-state index in [2.05, 4.69) is 12.2 Å². The van der Waals surface area contributed by atoms with Crippen LogP contribution in [0.25, 0.3) is 0 Å². The summed E-state index contributed by atoms with van der Waals surface area (Å²) in [5.41, 5.74) is 0. The summed E-state index contributed by atoms with van der Waals surface area (Å²) >= 11 is 0. The summed E-state index contributed by atoms with van der Waals surface area (Å²) < 4.78 is 22.8. The van der Waals surface area contributed by atoms with Gasteiger partial charge in [-0.2, -0.15) is 0 Å². The third-order valence-electron chi connectivity index (χ3n) is 2.80. The van der Waals surface area contributed by atoms with E-state index < -0.39 is 9.84 Å². The fraction of sp³-hybridized carbons (Fsp3) is 1.00. The normalized spacial score (nSPS) is 19.1. The average Bonchev–Trinajstić information content (AvgIpc) is 2.87. The van der Waals surface area contributed by atoms with Crippen LogP contribution >= 0.6 is 0 Å². The molecule has 0 aromatic heterocycles. The lowest BCUT2D eigenvalue weighted by Crippen LogP contribution is -2.31. The summed E-state index contributed by atoms with van der Waals surface area (Å²) in [6.07, 6.45) is 4.65. The highest BCUT2D eigenvalue weighted by molar-refractivity contribution is 7.91. The SMILES string of the molecule is CCCS(=O)(=O)CCNC(C)CC1CC1. The van der Waals surface area contributed by atoms with Crippen LogP contribution in [0.2, 0.25) is 0 Å². The summed E-state index contributed by atoms with van der Waals surface area (Å²) in [6.45, 7) is 4.65. The molecule has 1 rings (SSSR count). The maximum absolute atomic E-state index is 11.4. The zero-order valence-corrected chi connectivity index (χ0v) is 10.6. The lowest BCUT2D eigenvalue weighted by Gasteiger charge is -2.12. The molecule has 1 aliphatic carbocycles. The zero-order valence-electron chi connectivity index (χ0n) is 9.83. The third kappa shape index (κ3) is 6.15. The molecule has 0 heterocycles. The second kappa shape index (κ2) is 5.85. The molecule has 1 N–H and O–H groups in total. The molecule has 1 fully saturated rings. The summed E-state index contributed by atoms with van der Waals surface area (Å²) in [6, 6.07) is 0.467. The largest absolute Gasteiger partial charge is 0.313 e. The Bertz CT molecular complexity index is 270. The minimum absolute atomic E-state index is 0.288. The van der Waals surface area contributed by atoms with Crippen LogP contribution in [0.5, 0.6) is 0 Å². The molecule has 1 atom stereocenters. The average molecular weight is 233 g/mol. The van der Waals surface area contributed by atoms with E-state index >= 15 is 0 Å². The summed E-state index contributed by atoms with van der Waals surface area (Å²) in [5, 5.41) is 3.29. The van der Waals surface area contributed by atoms with Crippen molar-refractivity contribution in [3.8, 4) is 0 Å². The fourth-order valence-electron chi connectivity index (χ4n) is 1.81. The molecule has 0 radical (unpaired) electrons.